The predicted octanol–water partition coefficient (Wildman–Crippen LogP) is 4.93. The molecule has 2 aromatic rings. The molecule has 5 amide bonds. The molecule has 1 heterocycles. The van der Waals surface area contributed by atoms with Crippen molar-refractivity contribution < 1.29 is 51.1 Å². The van der Waals surface area contributed by atoms with E-state index in [-0.39, 0.29) is 35.8 Å². The zero-order valence-electron chi connectivity index (χ0n) is 23.4. The minimum atomic E-state index is -5.10. The van der Waals surface area contributed by atoms with E-state index < -0.39 is 47.5 Å². The molecule has 0 spiro atoms. The number of carbonyl (C=O) groups is 4. The molecule has 1 fully saturated rings. The number of carbonyl (C=O) groups excluding carboxylic acids is 4. The van der Waals surface area contributed by atoms with Gasteiger partial charge in [-0.05, 0) is 56.0 Å². The number of hydrogen-bond acceptors (Lipinski definition) is 6. The van der Waals surface area contributed by atoms with Crippen molar-refractivity contribution in [3.05, 3.63) is 53.6 Å². The maximum absolute atomic E-state index is 14.8. The number of hydroxylamine groups is 1. The lowest BCUT2D eigenvalue weighted by molar-refractivity contribution is -0.275. The van der Waals surface area contributed by atoms with Crippen molar-refractivity contribution in [1.29, 1.82) is 0 Å². The maximum Gasteiger partial charge on any atom is 0.573 e. The van der Waals surface area contributed by atoms with Crippen LogP contribution in [0.15, 0.2) is 36.4 Å². The summed E-state index contributed by atoms with van der Waals surface area (Å²) in [5.41, 5.74) is 1.02. The van der Waals surface area contributed by atoms with E-state index in [2.05, 4.69) is 20.7 Å². The van der Waals surface area contributed by atoms with Gasteiger partial charge in [-0.3, -0.25) is 19.6 Å². The lowest BCUT2D eigenvalue weighted by Gasteiger charge is -2.32. The van der Waals surface area contributed by atoms with Gasteiger partial charge in [0.05, 0.1) is 11.6 Å². The Balaban J connectivity index is 1.48. The van der Waals surface area contributed by atoms with Crippen LogP contribution >= 0.6 is 0 Å². The second kappa shape index (κ2) is 15.8. The molecule has 2 aromatic carbocycles. The molecule has 3 rings (SSSR count). The van der Waals surface area contributed by atoms with Gasteiger partial charge in [-0.2, -0.15) is 0 Å². The molecule has 44 heavy (non-hydrogen) atoms. The highest BCUT2D eigenvalue weighted by atomic mass is 19.4. The number of halogens is 5. The number of hydrogen-bond donors (Lipinski definition) is 5. The summed E-state index contributed by atoms with van der Waals surface area (Å²) in [7, 11) is 0. The fourth-order valence-electron chi connectivity index (χ4n) is 4.55. The molecule has 240 valence electrons. The Bertz CT molecular complexity index is 1340. The van der Waals surface area contributed by atoms with Crippen molar-refractivity contribution in [2.45, 2.75) is 51.3 Å². The maximum atomic E-state index is 14.8. The van der Waals surface area contributed by atoms with Gasteiger partial charge in [-0.1, -0.05) is 12.8 Å². The minimum absolute atomic E-state index is 0.00767. The highest BCUT2D eigenvalue weighted by Gasteiger charge is 2.32. The summed E-state index contributed by atoms with van der Waals surface area (Å²) in [6.45, 7) is 0.960. The fourth-order valence-corrected chi connectivity index (χ4v) is 4.55. The average molecular weight is 630 g/mol. The summed E-state index contributed by atoms with van der Waals surface area (Å²) in [6.07, 6.45) is -0.841. The zero-order valence-corrected chi connectivity index (χ0v) is 23.4. The summed E-state index contributed by atoms with van der Waals surface area (Å²) in [5.74, 6) is -5.00. The molecule has 1 saturated heterocycles. The highest BCUT2D eigenvalue weighted by molar-refractivity contribution is 6.00. The summed E-state index contributed by atoms with van der Waals surface area (Å²) in [4.78, 5) is 50.4. The van der Waals surface area contributed by atoms with Crippen LogP contribution in [0.25, 0.3) is 0 Å². The number of unbranched alkanes of at least 4 members (excludes halogenated alkanes) is 3. The number of likely N-dealkylation sites (tertiary alicyclic amines) is 1. The summed E-state index contributed by atoms with van der Waals surface area (Å²) >= 11 is 0. The zero-order chi connectivity index (χ0) is 32.3. The number of nitrogens with zero attached hydrogens (tertiary/aromatic N) is 1. The number of piperidine rings is 1. The van der Waals surface area contributed by atoms with Gasteiger partial charge in [0.2, 0.25) is 11.8 Å². The van der Waals surface area contributed by atoms with Crippen LogP contribution in [0.4, 0.5) is 38.1 Å². The van der Waals surface area contributed by atoms with Crippen molar-refractivity contribution in [2.75, 3.05) is 30.3 Å². The van der Waals surface area contributed by atoms with E-state index in [0.717, 1.165) is 31.0 Å². The Labute approximate surface area is 249 Å². The van der Waals surface area contributed by atoms with Crippen LogP contribution in [0.3, 0.4) is 0 Å². The molecular formula is C28H32F5N5O6. The van der Waals surface area contributed by atoms with Gasteiger partial charge in [0.1, 0.15) is 5.82 Å². The van der Waals surface area contributed by atoms with Gasteiger partial charge in [0, 0.05) is 43.4 Å². The van der Waals surface area contributed by atoms with Crippen LogP contribution in [-0.4, -0.2) is 59.9 Å². The summed E-state index contributed by atoms with van der Waals surface area (Å²) in [5, 5.41) is 15.7. The minimum Gasteiger partial charge on any atom is -0.403 e. The number of rotatable bonds is 12. The third kappa shape index (κ3) is 10.7. The molecule has 0 aliphatic carbocycles. The smallest absolute Gasteiger partial charge is 0.403 e. The number of benzene rings is 2. The van der Waals surface area contributed by atoms with E-state index >= 15 is 0 Å². The van der Waals surface area contributed by atoms with Crippen LogP contribution in [0.2, 0.25) is 0 Å². The molecule has 0 aromatic heterocycles. The van der Waals surface area contributed by atoms with Crippen LogP contribution < -0.4 is 26.2 Å². The van der Waals surface area contributed by atoms with E-state index in [1.807, 2.05) is 0 Å². The highest BCUT2D eigenvalue weighted by Crippen LogP contribution is 2.28. The van der Waals surface area contributed by atoms with E-state index in [0.29, 0.717) is 50.9 Å². The Morgan fingerprint density at radius 1 is 0.955 bits per heavy atom. The predicted molar refractivity (Wildman–Crippen MR) is 147 cm³/mol. The molecular weight excluding hydrogens is 597 g/mol. The van der Waals surface area contributed by atoms with Crippen LogP contribution in [0.1, 0.15) is 55.3 Å². The van der Waals surface area contributed by atoms with Crippen LogP contribution in [0.5, 0.6) is 5.75 Å². The van der Waals surface area contributed by atoms with Gasteiger partial charge in [-0.25, -0.2) is 19.1 Å². The SMILES string of the molecule is O=C(CCCCCCNC(=O)C1CCCN(C(=O)c2ccc(NC(=O)Nc3ccc(OC(F)(F)F)c(F)c3)c(F)c2)C1)NO. The fraction of sp³-hybridized carbons (Fsp3) is 0.429. The molecule has 0 bridgehead atoms. The number of alkyl halides is 3. The molecule has 5 N–H and O–H groups in total. The molecule has 1 atom stereocenters. The summed E-state index contributed by atoms with van der Waals surface area (Å²) in [6, 6.07) is 4.56. The monoisotopic (exact) mass is 629 g/mol. The Kier molecular flexibility index (Phi) is 12.3. The van der Waals surface area contributed by atoms with E-state index in [4.69, 9.17) is 5.21 Å². The number of urea groups is 1. The molecule has 1 unspecified atom stereocenters. The second-order valence-electron chi connectivity index (χ2n) is 10.0. The van der Waals surface area contributed by atoms with Crippen LogP contribution in [0, 0.1) is 17.6 Å². The summed E-state index contributed by atoms with van der Waals surface area (Å²) < 4.78 is 69.0. The number of ether oxygens (including phenoxy) is 1. The largest absolute Gasteiger partial charge is 0.573 e. The van der Waals surface area contributed by atoms with Crippen LogP contribution in [-0.2, 0) is 9.59 Å². The van der Waals surface area contributed by atoms with Gasteiger partial charge in [-0.15, -0.1) is 13.2 Å². The van der Waals surface area contributed by atoms with Crippen molar-refractivity contribution in [3.8, 4) is 5.75 Å². The third-order valence-electron chi connectivity index (χ3n) is 6.71. The van der Waals surface area contributed by atoms with E-state index in [1.165, 1.54) is 11.0 Å². The van der Waals surface area contributed by atoms with Crippen molar-refractivity contribution in [3.63, 3.8) is 0 Å². The second-order valence-corrected chi connectivity index (χ2v) is 10.0. The van der Waals surface area contributed by atoms with Crippen molar-refractivity contribution in [1.82, 2.24) is 15.7 Å². The van der Waals surface area contributed by atoms with Gasteiger partial charge >= 0.3 is 12.4 Å². The van der Waals surface area contributed by atoms with Gasteiger partial charge in [0.25, 0.3) is 5.91 Å². The van der Waals surface area contributed by atoms with Gasteiger partial charge < -0.3 is 25.6 Å². The topological polar surface area (TPSA) is 149 Å². The molecule has 1 aliphatic heterocycles. The quantitative estimate of drug-likeness (QED) is 0.0973. The first-order valence-electron chi connectivity index (χ1n) is 13.8. The molecule has 11 nitrogen and oxygen atoms in total. The average Bonchev–Trinajstić information content (AvgIpc) is 2.97. The molecule has 16 heteroatoms. The Morgan fingerprint density at radius 3 is 2.39 bits per heavy atom. The third-order valence-corrected chi connectivity index (χ3v) is 6.71. The molecule has 0 radical (unpaired) electrons. The molecule has 0 saturated carbocycles. The lowest BCUT2D eigenvalue weighted by atomic mass is 9.96. The standard InChI is InChI=1S/C28H32F5N5O6/c29-20-14-17(8-10-22(20)36-27(42)35-19-9-11-23(21(30)15-19)44-28(31,32)33)26(41)38-13-5-6-18(16-38)25(40)34-12-4-2-1-3-7-24(39)37-43/h8-11,14-15,18,43H,1-7,12-13,16H2,(H,34,40)(H,37,39)(H2,35,36,42). The first-order chi connectivity index (χ1) is 20.9. The lowest BCUT2D eigenvalue weighted by Crippen LogP contribution is -2.45. The first-order valence-corrected chi connectivity index (χ1v) is 13.8. The van der Waals surface area contributed by atoms with Crippen molar-refractivity contribution in [2.24, 2.45) is 5.92 Å². The normalized spacial score (nSPS) is 14.9. The number of nitrogens with one attached hydrogen (secondary N) is 4. The number of anilines is 2. The molecule has 1 aliphatic rings. The van der Waals surface area contributed by atoms with Gasteiger partial charge in [0.15, 0.2) is 11.6 Å². The Hall–Kier alpha value is -4.47. The number of amides is 5. The van der Waals surface area contributed by atoms with E-state index in [9.17, 15) is 41.1 Å². The first kappa shape index (κ1) is 34.0. The van der Waals surface area contributed by atoms with Crippen molar-refractivity contribution >= 4 is 35.1 Å². The van der Waals surface area contributed by atoms with E-state index in [1.54, 1.807) is 5.48 Å². The Morgan fingerprint density at radius 2 is 1.70 bits per heavy atom.